The van der Waals surface area contributed by atoms with E-state index in [4.69, 9.17) is 10.7 Å². The quantitative estimate of drug-likeness (QED) is 0.383. The fourth-order valence-corrected chi connectivity index (χ4v) is 5.17. The first-order valence-electron chi connectivity index (χ1n) is 10.9. The molecule has 4 rings (SSSR count). The Hall–Kier alpha value is -3.44. The molecule has 0 heterocycles. The van der Waals surface area contributed by atoms with Gasteiger partial charge in [0.25, 0.3) is 0 Å². The number of rotatable bonds is 6. The van der Waals surface area contributed by atoms with Crippen LogP contribution in [0.5, 0.6) is 5.75 Å². The number of aromatic hydroxyl groups is 1. The van der Waals surface area contributed by atoms with E-state index in [0.717, 1.165) is 22.3 Å². The summed E-state index contributed by atoms with van der Waals surface area (Å²) in [4.78, 5) is 17.7. The molecule has 0 radical (unpaired) electrons. The molecule has 0 aromatic heterocycles. The molecule has 0 amide bonds. The van der Waals surface area contributed by atoms with Crippen molar-refractivity contribution >= 4 is 11.7 Å². The van der Waals surface area contributed by atoms with Gasteiger partial charge in [-0.05, 0) is 53.0 Å². The highest BCUT2D eigenvalue weighted by molar-refractivity contribution is 6.05. The molecule has 164 valence electrons. The van der Waals surface area contributed by atoms with Crippen LogP contribution < -0.4 is 5.90 Å². The summed E-state index contributed by atoms with van der Waals surface area (Å²) < 4.78 is 0. The van der Waals surface area contributed by atoms with Gasteiger partial charge in [0.2, 0.25) is 0 Å². The molecule has 5 heteroatoms. The van der Waals surface area contributed by atoms with Gasteiger partial charge < -0.3 is 15.4 Å². The van der Waals surface area contributed by atoms with E-state index in [1.54, 1.807) is 6.07 Å². The van der Waals surface area contributed by atoms with E-state index in [1.165, 1.54) is 0 Å². The van der Waals surface area contributed by atoms with E-state index in [-0.39, 0.29) is 29.2 Å². The van der Waals surface area contributed by atoms with Crippen molar-refractivity contribution in [3.63, 3.8) is 0 Å². The highest BCUT2D eigenvalue weighted by Crippen LogP contribution is 2.45. The number of phenolic OH excluding ortho intramolecular Hbond substituents is 1. The van der Waals surface area contributed by atoms with Crippen molar-refractivity contribution in [2.75, 3.05) is 0 Å². The maximum Gasteiger partial charge on any atom is 0.333 e. The predicted molar refractivity (Wildman–Crippen MR) is 125 cm³/mol. The Kier molecular flexibility index (Phi) is 6.37. The van der Waals surface area contributed by atoms with Gasteiger partial charge in [-0.1, -0.05) is 79.7 Å². The van der Waals surface area contributed by atoms with E-state index in [1.807, 2.05) is 79.7 Å². The second-order valence-electron chi connectivity index (χ2n) is 8.46. The molecule has 0 spiro atoms. The van der Waals surface area contributed by atoms with Crippen molar-refractivity contribution < 1.29 is 14.7 Å². The van der Waals surface area contributed by atoms with Crippen molar-refractivity contribution in [1.29, 1.82) is 5.41 Å². The monoisotopic (exact) mass is 428 g/mol. The Labute approximate surface area is 188 Å². The molecule has 0 fully saturated rings. The van der Waals surface area contributed by atoms with Crippen LogP contribution in [0.25, 0.3) is 0 Å². The van der Waals surface area contributed by atoms with Crippen molar-refractivity contribution in [2.24, 2.45) is 17.7 Å². The normalized spacial score (nSPS) is 18.6. The fourth-order valence-electron chi connectivity index (χ4n) is 5.17. The average Bonchev–Trinajstić information content (AvgIpc) is 2.82. The first-order chi connectivity index (χ1) is 15.5. The molecule has 32 heavy (non-hydrogen) atoms. The van der Waals surface area contributed by atoms with Gasteiger partial charge in [-0.3, -0.25) is 0 Å². The number of hydrogen-bond donors (Lipinski definition) is 3. The van der Waals surface area contributed by atoms with Crippen LogP contribution in [-0.4, -0.2) is 16.8 Å². The predicted octanol–water partition coefficient (Wildman–Crippen LogP) is 4.94. The highest BCUT2D eigenvalue weighted by Gasteiger charge is 2.42. The van der Waals surface area contributed by atoms with Gasteiger partial charge >= 0.3 is 5.97 Å². The molecule has 4 N–H and O–H groups in total. The molecule has 3 atom stereocenters. The van der Waals surface area contributed by atoms with Crippen molar-refractivity contribution in [3.8, 4) is 5.75 Å². The summed E-state index contributed by atoms with van der Waals surface area (Å²) in [6.45, 7) is 2.05. The summed E-state index contributed by atoms with van der Waals surface area (Å²) in [5.41, 5.74) is 4.10. The third-order valence-corrected chi connectivity index (χ3v) is 6.76. The fraction of sp³-hybridized carbons (Fsp3) is 0.259. The summed E-state index contributed by atoms with van der Waals surface area (Å²) in [6.07, 6.45) is 1.30. The smallest absolute Gasteiger partial charge is 0.333 e. The number of hydrogen-bond acceptors (Lipinski definition) is 5. The SMILES string of the molecule is CC1c2cccc(O)c2CCC1C(C(=N)C(c1ccccc1)c1ccccc1)C(=O)ON. The molecule has 0 saturated heterocycles. The lowest BCUT2D eigenvalue weighted by Gasteiger charge is -2.37. The maximum atomic E-state index is 13.0. The Morgan fingerprint density at radius 1 is 1.00 bits per heavy atom. The first kappa shape index (κ1) is 21.8. The van der Waals surface area contributed by atoms with Crippen LogP contribution in [-0.2, 0) is 16.1 Å². The van der Waals surface area contributed by atoms with Crippen LogP contribution in [0.1, 0.15) is 47.4 Å². The van der Waals surface area contributed by atoms with Gasteiger partial charge in [0, 0.05) is 11.6 Å². The highest BCUT2D eigenvalue weighted by atomic mass is 16.7. The Bertz CT molecular complexity index is 1060. The van der Waals surface area contributed by atoms with Gasteiger partial charge in [-0.2, -0.15) is 5.90 Å². The van der Waals surface area contributed by atoms with Crippen molar-refractivity contribution in [3.05, 3.63) is 101 Å². The average molecular weight is 429 g/mol. The van der Waals surface area contributed by atoms with Gasteiger partial charge in [0.15, 0.2) is 0 Å². The minimum Gasteiger partial charge on any atom is -0.508 e. The van der Waals surface area contributed by atoms with Crippen molar-refractivity contribution in [2.45, 2.75) is 31.6 Å². The zero-order valence-electron chi connectivity index (χ0n) is 18.1. The van der Waals surface area contributed by atoms with Crippen LogP contribution in [0.2, 0.25) is 0 Å². The Balaban J connectivity index is 1.77. The summed E-state index contributed by atoms with van der Waals surface area (Å²) in [6, 6.07) is 25.1. The number of carbonyl (C=O) groups is 1. The van der Waals surface area contributed by atoms with Gasteiger partial charge in [-0.15, -0.1) is 0 Å². The number of phenols is 1. The van der Waals surface area contributed by atoms with E-state index >= 15 is 0 Å². The molecule has 3 aromatic carbocycles. The number of benzene rings is 3. The number of fused-ring (bicyclic) bond motifs is 1. The second-order valence-corrected chi connectivity index (χ2v) is 8.46. The van der Waals surface area contributed by atoms with Crippen LogP contribution in [0.4, 0.5) is 0 Å². The molecule has 3 unspecified atom stereocenters. The molecule has 0 bridgehead atoms. The third kappa shape index (κ3) is 4.04. The Morgan fingerprint density at radius 2 is 1.59 bits per heavy atom. The van der Waals surface area contributed by atoms with Crippen LogP contribution in [0, 0.1) is 17.2 Å². The van der Waals surface area contributed by atoms with E-state index in [9.17, 15) is 15.3 Å². The molecule has 3 aromatic rings. The minimum absolute atomic E-state index is 0.0394. The molecule has 1 aliphatic rings. The standard InChI is InChI=1S/C27H28N2O3/c1-17-20-13-8-14-23(30)22(20)16-15-21(17)25(27(31)32-29)26(28)24(18-9-4-2-5-10-18)19-11-6-3-7-12-19/h2-14,17,21,24-25,28,30H,15-16,29H2,1H3. The number of nitrogens with two attached hydrogens (primary N) is 1. The Morgan fingerprint density at radius 3 is 2.16 bits per heavy atom. The lowest BCUT2D eigenvalue weighted by atomic mass is 9.66. The first-order valence-corrected chi connectivity index (χ1v) is 10.9. The van der Waals surface area contributed by atoms with Crippen LogP contribution in [0.15, 0.2) is 78.9 Å². The number of carbonyl (C=O) groups excluding carboxylic acids is 1. The topological polar surface area (TPSA) is 96.4 Å². The van der Waals surface area contributed by atoms with Gasteiger partial charge in [0.1, 0.15) is 11.7 Å². The summed E-state index contributed by atoms with van der Waals surface area (Å²) in [7, 11) is 0. The third-order valence-electron chi connectivity index (χ3n) is 6.76. The lowest BCUT2D eigenvalue weighted by molar-refractivity contribution is -0.148. The summed E-state index contributed by atoms with van der Waals surface area (Å²) >= 11 is 0. The molecule has 5 nitrogen and oxygen atoms in total. The van der Waals surface area contributed by atoms with E-state index in [2.05, 4.69) is 0 Å². The summed E-state index contributed by atoms with van der Waals surface area (Å²) in [5, 5.41) is 19.6. The zero-order valence-corrected chi connectivity index (χ0v) is 18.1. The molecule has 1 aliphatic carbocycles. The summed E-state index contributed by atoms with van der Waals surface area (Å²) in [5.74, 6) is 3.68. The molecule has 0 saturated carbocycles. The van der Waals surface area contributed by atoms with Gasteiger partial charge in [0.05, 0.1) is 0 Å². The maximum absolute atomic E-state index is 13.0. The van der Waals surface area contributed by atoms with E-state index in [0.29, 0.717) is 12.8 Å². The molecular weight excluding hydrogens is 400 g/mol. The minimum atomic E-state index is -0.795. The van der Waals surface area contributed by atoms with Crippen LogP contribution >= 0.6 is 0 Å². The molecule has 0 aliphatic heterocycles. The second kappa shape index (κ2) is 9.37. The zero-order chi connectivity index (χ0) is 22.7. The van der Waals surface area contributed by atoms with E-state index < -0.39 is 11.9 Å². The number of nitrogens with one attached hydrogen (secondary N) is 1. The van der Waals surface area contributed by atoms with Gasteiger partial charge in [-0.25, -0.2) is 4.79 Å². The van der Waals surface area contributed by atoms with Crippen molar-refractivity contribution in [1.82, 2.24) is 0 Å². The molecular formula is C27H28N2O3. The van der Waals surface area contributed by atoms with Crippen LogP contribution in [0.3, 0.4) is 0 Å². The lowest BCUT2D eigenvalue weighted by Crippen LogP contribution is -2.40. The largest absolute Gasteiger partial charge is 0.508 e.